The van der Waals surface area contributed by atoms with Crippen LogP contribution in [0.2, 0.25) is 0 Å². The molecule has 0 aliphatic carbocycles. The molecular formula is C8H16N2O2. The lowest BCUT2D eigenvalue weighted by Gasteiger charge is -2.27. The first kappa shape index (κ1) is 9.48. The van der Waals surface area contributed by atoms with E-state index in [2.05, 4.69) is 10.1 Å². The molecule has 0 bridgehead atoms. The molecule has 0 spiro atoms. The van der Waals surface area contributed by atoms with Crippen LogP contribution in [0.5, 0.6) is 0 Å². The molecule has 4 nitrogen and oxygen atoms in total. The summed E-state index contributed by atoms with van der Waals surface area (Å²) >= 11 is 0. The zero-order valence-corrected chi connectivity index (χ0v) is 7.38. The molecule has 0 amide bonds. The highest BCUT2D eigenvalue weighted by Crippen LogP contribution is 2.13. The van der Waals surface area contributed by atoms with E-state index in [0.717, 1.165) is 19.4 Å². The molecule has 1 saturated heterocycles. The Balaban J connectivity index is 2.30. The summed E-state index contributed by atoms with van der Waals surface area (Å²) in [4.78, 5) is 11.0. The first-order chi connectivity index (χ1) is 5.77. The minimum Gasteiger partial charge on any atom is -0.468 e. The summed E-state index contributed by atoms with van der Waals surface area (Å²) in [5, 5.41) is 3.12. The minimum atomic E-state index is -0.162. The van der Waals surface area contributed by atoms with Crippen molar-refractivity contribution >= 4 is 5.97 Å². The maximum absolute atomic E-state index is 11.0. The normalized spacial score (nSPS) is 29.8. The van der Waals surface area contributed by atoms with Gasteiger partial charge in [0.2, 0.25) is 0 Å². The van der Waals surface area contributed by atoms with Crippen LogP contribution in [0.3, 0.4) is 0 Å². The van der Waals surface area contributed by atoms with E-state index in [1.54, 1.807) is 0 Å². The molecule has 3 N–H and O–H groups in total. The van der Waals surface area contributed by atoms with Crippen LogP contribution in [-0.4, -0.2) is 32.2 Å². The maximum Gasteiger partial charge on any atom is 0.322 e. The standard InChI is InChI=1S/C8H16N2O2/c1-12-8(11)7-3-2-6(4-9)5-10-7/h6-7,10H,2-5,9H2,1H3/t6-,7-/m0/s1. The first-order valence-corrected chi connectivity index (χ1v) is 4.29. The van der Waals surface area contributed by atoms with Crippen molar-refractivity contribution in [2.24, 2.45) is 11.7 Å². The summed E-state index contributed by atoms with van der Waals surface area (Å²) < 4.78 is 4.63. The topological polar surface area (TPSA) is 64.3 Å². The van der Waals surface area contributed by atoms with E-state index in [9.17, 15) is 4.79 Å². The van der Waals surface area contributed by atoms with Gasteiger partial charge in [-0.15, -0.1) is 0 Å². The van der Waals surface area contributed by atoms with Crippen molar-refractivity contribution in [3.05, 3.63) is 0 Å². The Labute approximate surface area is 72.5 Å². The number of nitrogens with two attached hydrogens (primary N) is 1. The van der Waals surface area contributed by atoms with Crippen LogP contribution >= 0.6 is 0 Å². The SMILES string of the molecule is COC(=O)[C@@H]1CC[C@@H](CN)CN1. The Morgan fingerprint density at radius 1 is 1.67 bits per heavy atom. The van der Waals surface area contributed by atoms with Crippen molar-refractivity contribution < 1.29 is 9.53 Å². The molecule has 0 aromatic rings. The lowest BCUT2D eigenvalue weighted by Crippen LogP contribution is -2.46. The van der Waals surface area contributed by atoms with E-state index in [-0.39, 0.29) is 12.0 Å². The van der Waals surface area contributed by atoms with Crippen molar-refractivity contribution in [1.29, 1.82) is 0 Å². The van der Waals surface area contributed by atoms with Gasteiger partial charge in [0.05, 0.1) is 7.11 Å². The number of rotatable bonds is 2. The summed E-state index contributed by atoms with van der Waals surface area (Å²) in [6, 6.07) is -0.113. The molecule has 1 aliphatic heterocycles. The monoisotopic (exact) mass is 172 g/mol. The molecule has 1 fully saturated rings. The zero-order chi connectivity index (χ0) is 8.97. The Morgan fingerprint density at radius 3 is 2.83 bits per heavy atom. The molecule has 1 heterocycles. The Morgan fingerprint density at radius 2 is 2.42 bits per heavy atom. The molecule has 0 radical (unpaired) electrons. The summed E-state index contributed by atoms with van der Waals surface area (Å²) in [6.45, 7) is 1.52. The van der Waals surface area contributed by atoms with Gasteiger partial charge in [-0.2, -0.15) is 0 Å². The lowest BCUT2D eigenvalue weighted by atomic mass is 9.95. The van der Waals surface area contributed by atoms with Gasteiger partial charge in [-0.1, -0.05) is 0 Å². The fourth-order valence-electron chi connectivity index (χ4n) is 1.46. The molecule has 70 valence electrons. The van der Waals surface area contributed by atoms with E-state index in [1.807, 2.05) is 0 Å². The van der Waals surface area contributed by atoms with E-state index in [4.69, 9.17) is 5.73 Å². The van der Waals surface area contributed by atoms with Crippen LogP contribution in [0.15, 0.2) is 0 Å². The van der Waals surface area contributed by atoms with Crippen molar-refractivity contribution in [2.75, 3.05) is 20.2 Å². The van der Waals surface area contributed by atoms with Gasteiger partial charge in [-0.3, -0.25) is 4.79 Å². The molecule has 0 aromatic heterocycles. The predicted octanol–water partition coefficient (Wildman–Crippen LogP) is -0.514. The van der Waals surface area contributed by atoms with Gasteiger partial charge >= 0.3 is 5.97 Å². The summed E-state index contributed by atoms with van der Waals surface area (Å²) in [7, 11) is 1.42. The van der Waals surface area contributed by atoms with Crippen LogP contribution in [0, 0.1) is 5.92 Å². The number of carbonyl (C=O) groups is 1. The smallest absolute Gasteiger partial charge is 0.322 e. The molecule has 1 aliphatic rings. The number of esters is 1. The van der Waals surface area contributed by atoms with Gasteiger partial charge in [0, 0.05) is 0 Å². The van der Waals surface area contributed by atoms with Gasteiger partial charge in [0.1, 0.15) is 6.04 Å². The van der Waals surface area contributed by atoms with Crippen molar-refractivity contribution in [3.63, 3.8) is 0 Å². The fourth-order valence-corrected chi connectivity index (χ4v) is 1.46. The average Bonchev–Trinajstić information content (AvgIpc) is 2.17. The van der Waals surface area contributed by atoms with Gasteiger partial charge in [0.15, 0.2) is 0 Å². The summed E-state index contributed by atoms with van der Waals surface area (Å²) in [6.07, 6.45) is 1.86. The number of nitrogens with one attached hydrogen (secondary N) is 1. The average molecular weight is 172 g/mol. The van der Waals surface area contributed by atoms with Gasteiger partial charge < -0.3 is 15.8 Å². The number of methoxy groups -OCH3 is 1. The highest BCUT2D eigenvalue weighted by molar-refractivity contribution is 5.75. The van der Waals surface area contributed by atoms with Crippen molar-refractivity contribution in [2.45, 2.75) is 18.9 Å². The third-order valence-electron chi connectivity index (χ3n) is 2.34. The first-order valence-electron chi connectivity index (χ1n) is 4.29. The molecular weight excluding hydrogens is 156 g/mol. The molecule has 0 saturated carbocycles. The number of carbonyl (C=O) groups excluding carboxylic acids is 1. The predicted molar refractivity (Wildman–Crippen MR) is 45.6 cm³/mol. The largest absolute Gasteiger partial charge is 0.468 e. The van der Waals surface area contributed by atoms with Crippen molar-refractivity contribution in [3.8, 4) is 0 Å². The molecule has 4 heteroatoms. The number of piperidine rings is 1. The van der Waals surface area contributed by atoms with Crippen LogP contribution < -0.4 is 11.1 Å². The number of hydrogen-bond acceptors (Lipinski definition) is 4. The lowest BCUT2D eigenvalue weighted by molar-refractivity contribution is -0.143. The van der Waals surface area contributed by atoms with E-state index in [1.165, 1.54) is 7.11 Å². The van der Waals surface area contributed by atoms with Crippen LogP contribution in [0.25, 0.3) is 0 Å². The van der Waals surface area contributed by atoms with Gasteiger partial charge in [-0.25, -0.2) is 0 Å². The second-order valence-corrected chi connectivity index (χ2v) is 3.16. The van der Waals surface area contributed by atoms with Crippen LogP contribution in [0.1, 0.15) is 12.8 Å². The third kappa shape index (κ3) is 2.19. The molecule has 0 aromatic carbocycles. The van der Waals surface area contributed by atoms with E-state index in [0.29, 0.717) is 12.5 Å². The molecule has 1 rings (SSSR count). The van der Waals surface area contributed by atoms with Gasteiger partial charge in [0.25, 0.3) is 0 Å². The molecule has 0 unspecified atom stereocenters. The highest BCUT2D eigenvalue weighted by Gasteiger charge is 2.25. The molecule has 2 atom stereocenters. The third-order valence-corrected chi connectivity index (χ3v) is 2.34. The fraction of sp³-hybridized carbons (Fsp3) is 0.875. The van der Waals surface area contributed by atoms with E-state index >= 15 is 0 Å². The van der Waals surface area contributed by atoms with E-state index < -0.39 is 0 Å². The van der Waals surface area contributed by atoms with Crippen LogP contribution in [-0.2, 0) is 9.53 Å². The quantitative estimate of drug-likeness (QED) is 0.550. The van der Waals surface area contributed by atoms with Crippen molar-refractivity contribution in [1.82, 2.24) is 5.32 Å². The number of hydrogen-bond donors (Lipinski definition) is 2. The van der Waals surface area contributed by atoms with Gasteiger partial charge in [-0.05, 0) is 31.8 Å². The molecule has 12 heavy (non-hydrogen) atoms. The second kappa shape index (κ2) is 4.42. The zero-order valence-electron chi connectivity index (χ0n) is 7.38. The Kier molecular flexibility index (Phi) is 3.49. The summed E-state index contributed by atoms with van der Waals surface area (Å²) in [5.74, 6) is 0.358. The highest BCUT2D eigenvalue weighted by atomic mass is 16.5. The minimum absolute atomic E-state index is 0.113. The Hall–Kier alpha value is -0.610. The second-order valence-electron chi connectivity index (χ2n) is 3.16. The number of ether oxygens (including phenoxy) is 1. The summed E-state index contributed by atoms with van der Waals surface area (Å²) in [5.41, 5.74) is 5.50. The maximum atomic E-state index is 11.0. The van der Waals surface area contributed by atoms with Crippen LogP contribution in [0.4, 0.5) is 0 Å². The Bertz CT molecular complexity index is 153.